The fraction of sp³-hybridized carbons (Fsp3) is 0.467. The van der Waals surface area contributed by atoms with Gasteiger partial charge in [0.05, 0.1) is 0 Å². The number of carboxylic acids is 1. The van der Waals surface area contributed by atoms with Crippen LogP contribution in [0.25, 0.3) is 0 Å². The van der Waals surface area contributed by atoms with Gasteiger partial charge in [-0.25, -0.2) is 4.79 Å². The molecule has 0 aliphatic carbocycles. The molecule has 1 saturated heterocycles. The van der Waals surface area contributed by atoms with Gasteiger partial charge in [-0.2, -0.15) is 0 Å². The molecule has 2 atom stereocenters. The molecule has 1 aromatic carbocycles. The number of carboxylic acid groups (broad SMARTS) is 1. The normalized spacial score (nSPS) is 20.2. The van der Waals surface area contributed by atoms with Crippen LogP contribution in [0.4, 0.5) is 0 Å². The average molecular weight is 277 g/mol. The highest BCUT2D eigenvalue weighted by Gasteiger charge is 2.34. The fourth-order valence-corrected chi connectivity index (χ4v) is 2.44. The van der Waals surface area contributed by atoms with E-state index in [1.54, 1.807) is 19.1 Å². The summed E-state index contributed by atoms with van der Waals surface area (Å²) < 4.78 is 5.57. The van der Waals surface area contributed by atoms with Crippen molar-refractivity contribution in [3.8, 4) is 5.75 Å². The predicted molar refractivity (Wildman–Crippen MR) is 73.5 cm³/mol. The number of aliphatic carboxylic acids is 1. The van der Waals surface area contributed by atoms with Crippen molar-refractivity contribution >= 4 is 11.9 Å². The number of hydrogen-bond acceptors (Lipinski definition) is 3. The van der Waals surface area contributed by atoms with Crippen molar-refractivity contribution in [3.63, 3.8) is 0 Å². The number of benzene rings is 1. The predicted octanol–water partition coefficient (Wildman–Crippen LogP) is 1.92. The molecule has 0 aromatic heterocycles. The zero-order chi connectivity index (χ0) is 14.5. The van der Waals surface area contributed by atoms with Crippen molar-refractivity contribution in [2.75, 3.05) is 6.54 Å². The second-order valence-electron chi connectivity index (χ2n) is 4.95. The van der Waals surface area contributed by atoms with Crippen molar-refractivity contribution in [2.45, 2.75) is 38.3 Å². The van der Waals surface area contributed by atoms with Crippen LogP contribution in [0.1, 0.15) is 26.2 Å². The lowest BCUT2D eigenvalue weighted by atomic mass is 10.0. The first-order chi connectivity index (χ1) is 9.59. The Morgan fingerprint density at radius 2 is 2.00 bits per heavy atom. The summed E-state index contributed by atoms with van der Waals surface area (Å²) >= 11 is 0. The first-order valence-electron chi connectivity index (χ1n) is 6.84. The molecule has 1 aliphatic rings. The third-order valence-corrected chi connectivity index (χ3v) is 3.47. The molecule has 1 unspecified atom stereocenters. The maximum absolute atomic E-state index is 12.4. The number of carbonyl (C=O) groups is 2. The first-order valence-corrected chi connectivity index (χ1v) is 6.84. The Morgan fingerprint density at radius 1 is 1.30 bits per heavy atom. The monoisotopic (exact) mass is 277 g/mol. The van der Waals surface area contributed by atoms with Crippen molar-refractivity contribution in [1.82, 2.24) is 4.90 Å². The number of piperidine rings is 1. The number of para-hydroxylation sites is 1. The Morgan fingerprint density at radius 3 is 2.65 bits per heavy atom. The van der Waals surface area contributed by atoms with Crippen LogP contribution in [0, 0.1) is 0 Å². The molecule has 0 saturated carbocycles. The molecule has 0 spiro atoms. The molecule has 5 heteroatoms. The van der Waals surface area contributed by atoms with Gasteiger partial charge in [-0.1, -0.05) is 18.2 Å². The number of likely N-dealkylation sites (tertiary alicyclic amines) is 1. The zero-order valence-corrected chi connectivity index (χ0v) is 11.5. The molecule has 2 rings (SSSR count). The fourth-order valence-electron chi connectivity index (χ4n) is 2.44. The van der Waals surface area contributed by atoms with Crippen molar-refractivity contribution in [3.05, 3.63) is 30.3 Å². The van der Waals surface area contributed by atoms with Gasteiger partial charge >= 0.3 is 5.97 Å². The van der Waals surface area contributed by atoms with Gasteiger partial charge in [-0.15, -0.1) is 0 Å². The standard InChI is InChI=1S/C15H19NO4/c1-11(20-12-7-3-2-4-8-12)14(17)16-10-6-5-9-13(16)15(18)19/h2-4,7-8,11,13H,5-6,9-10H2,1H3,(H,18,19)/t11?,13-/m0/s1. The molecule has 0 bridgehead atoms. The van der Waals surface area contributed by atoms with E-state index in [2.05, 4.69) is 0 Å². The average Bonchev–Trinajstić information content (AvgIpc) is 2.47. The van der Waals surface area contributed by atoms with Gasteiger partial charge < -0.3 is 14.7 Å². The minimum atomic E-state index is -0.940. The van der Waals surface area contributed by atoms with Crippen molar-refractivity contribution in [2.24, 2.45) is 0 Å². The Balaban J connectivity index is 2.03. The number of carbonyl (C=O) groups excluding carboxylic acids is 1. The van der Waals surface area contributed by atoms with E-state index >= 15 is 0 Å². The second kappa shape index (κ2) is 6.41. The van der Waals surface area contributed by atoms with Crippen LogP contribution in [-0.4, -0.2) is 40.6 Å². The molecule has 108 valence electrons. The number of hydrogen-bond donors (Lipinski definition) is 1. The Labute approximate surface area is 118 Å². The molecule has 1 N–H and O–H groups in total. The van der Waals surface area contributed by atoms with Crippen LogP contribution in [0.15, 0.2) is 30.3 Å². The summed E-state index contributed by atoms with van der Waals surface area (Å²) in [5, 5.41) is 9.19. The highest BCUT2D eigenvalue weighted by Crippen LogP contribution is 2.20. The van der Waals surface area contributed by atoms with E-state index in [4.69, 9.17) is 4.74 Å². The number of nitrogens with zero attached hydrogens (tertiary/aromatic N) is 1. The van der Waals surface area contributed by atoms with Gasteiger partial charge in [0.25, 0.3) is 5.91 Å². The number of ether oxygens (including phenoxy) is 1. The van der Waals surface area contributed by atoms with Gasteiger partial charge in [0.1, 0.15) is 11.8 Å². The molecule has 1 amide bonds. The Bertz CT molecular complexity index is 474. The summed E-state index contributed by atoms with van der Waals surface area (Å²) in [6.07, 6.45) is 1.51. The van der Waals surface area contributed by atoms with E-state index in [1.807, 2.05) is 18.2 Å². The molecule has 0 radical (unpaired) electrons. The van der Waals surface area contributed by atoms with E-state index in [0.29, 0.717) is 18.7 Å². The number of amides is 1. The Kier molecular flexibility index (Phi) is 4.61. The molecular weight excluding hydrogens is 258 g/mol. The highest BCUT2D eigenvalue weighted by molar-refractivity contribution is 5.86. The summed E-state index contributed by atoms with van der Waals surface area (Å²) in [7, 11) is 0. The lowest BCUT2D eigenvalue weighted by molar-refractivity contribution is -0.155. The van der Waals surface area contributed by atoms with Gasteiger partial charge in [0.15, 0.2) is 6.10 Å². The van der Waals surface area contributed by atoms with Gasteiger partial charge in [-0.05, 0) is 38.3 Å². The summed E-state index contributed by atoms with van der Waals surface area (Å²) in [4.78, 5) is 25.0. The lowest BCUT2D eigenvalue weighted by Gasteiger charge is -2.34. The Hall–Kier alpha value is -2.04. The third-order valence-electron chi connectivity index (χ3n) is 3.47. The summed E-state index contributed by atoms with van der Waals surface area (Å²) in [5.41, 5.74) is 0. The molecule has 20 heavy (non-hydrogen) atoms. The minimum absolute atomic E-state index is 0.263. The minimum Gasteiger partial charge on any atom is -0.481 e. The van der Waals surface area contributed by atoms with E-state index in [0.717, 1.165) is 12.8 Å². The highest BCUT2D eigenvalue weighted by atomic mass is 16.5. The topological polar surface area (TPSA) is 66.8 Å². The van der Waals surface area contributed by atoms with E-state index in [-0.39, 0.29) is 5.91 Å². The van der Waals surface area contributed by atoms with E-state index in [9.17, 15) is 14.7 Å². The van der Waals surface area contributed by atoms with Crippen LogP contribution in [0.5, 0.6) is 5.75 Å². The molecule has 5 nitrogen and oxygen atoms in total. The molecule has 1 aliphatic heterocycles. The third kappa shape index (κ3) is 3.29. The molecule has 1 aromatic rings. The lowest BCUT2D eigenvalue weighted by Crippen LogP contribution is -2.52. The quantitative estimate of drug-likeness (QED) is 0.913. The summed E-state index contributed by atoms with van der Waals surface area (Å²) in [6, 6.07) is 8.34. The van der Waals surface area contributed by atoms with E-state index in [1.165, 1.54) is 4.90 Å². The SMILES string of the molecule is CC(Oc1ccccc1)C(=O)N1CCCC[C@H]1C(=O)O. The largest absolute Gasteiger partial charge is 0.481 e. The first kappa shape index (κ1) is 14.4. The molecule has 1 heterocycles. The van der Waals surface area contributed by atoms with Gasteiger partial charge in [0.2, 0.25) is 0 Å². The summed E-state index contributed by atoms with van der Waals surface area (Å²) in [5.74, 6) is -0.594. The second-order valence-corrected chi connectivity index (χ2v) is 4.95. The zero-order valence-electron chi connectivity index (χ0n) is 11.5. The molecular formula is C15H19NO4. The van der Waals surface area contributed by atoms with Crippen LogP contribution in [0.2, 0.25) is 0 Å². The van der Waals surface area contributed by atoms with Crippen LogP contribution in [-0.2, 0) is 9.59 Å². The number of rotatable bonds is 4. The van der Waals surface area contributed by atoms with Crippen LogP contribution >= 0.6 is 0 Å². The maximum Gasteiger partial charge on any atom is 0.326 e. The van der Waals surface area contributed by atoms with Crippen LogP contribution in [0.3, 0.4) is 0 Å². The molecule has 1 fully saturated rings. The van der Waals surface area contributed by atoms with Gasteiger partial charge in [-0.3, -0.25) is 4.79 Å². The smallest absolute Gasteiger partial charge is 0.326 e. The summed E-state index contributed by atoms with van der Waals surface area (Å²) in [6.45, 7) is 2.14. The van der Waals surface area contributed by atoms with Crippen molar-refractivity contribution in [1.29, 1.82) is 0 Å². The van der Waals surface area contributed by atoms with Gasteiger partial charge in [0, 0.05) is 6.54 Å². The van der Waals surface area contributed by atoms with Crippen molar-refractivity contribution < 1.29 is 19.4 Å². The maximum atomic E-state index is 12.4. The van der Waals surface area contributed by atoms with Crippen LogP contribution < -0.4 is 4.74 Å². The van der Waals surface area contributed by atoms with E-state index < -0.39 is 18.1 Å².